The SMILES string of the molecule is CCC(C(=O)NC1CCCC1)N(Cc1ccc(F)cc1)C(=O)CN(c1cc(C)ccc1C)S(=O)(=O)c1ccccc1. The van der Waals surface area contributed by atoms with Gasteiger partial charge in [-0.1, -0.05) is 62.2 Å². The average molecular weight is 580 g/mol. The lowest BCUT2D eigenvalue weighted by atomic mass is 10.1. The fraction of sp³-hybridized carbons (Fsp3) is 0.375. The van der Waals surface area contributed by atoms with Gasteiger partial charge in [0.25, 0.3) is 10.0 Å². The van der Waals surface area contributed by atoms with Crippen molar-refractivity contribution < 1.29 is 22.4 Å². The molecule has 1 unspecified atom stereocenters. The second kappa shape index (κ2) is 13.3. The second-order valence-electron chi connectivity index (χ2n) is 10.7. The number of hydrogen-bond acceptors (Lipinski definition) is 4. The number of rotatable bonds is 11. The first-order valence-corrected chi connectivity index (χ1v) is 15.5. The van der Waals surface area contributed by atoms with Gasteiger partial charge < -0.3 is 10.2 Å². The molecule has 1 aliphatic carbocycles. The highest BCUT2D eigenvalue weighted by molar-refractivity contribution is 7.92. The van der Waals surface area contributed by atoms with E-state index in [-0.39, 0.29) is 23.4 Å². The van der Waals surface area contributed by atoms with E-state index in [2.05, 4.69) is 5.32 Å². The molecule has 0 aliphatic heterocycles. The number of carbonyl (C=O) groups is 2. The van der Waals surface area contributed by atoms with E-state index in [1.54, 1.807) is 43.3 Å². The van der Waals surface area contributed by atoms with Gasteiger partial charge in [-0.3, -0.25) is 13.9 Å². The van der Waals surface area contributed by atoms with Crippen molar-refractivity contribution in [3.8, 4) is 0 Å². The lowest BCUT2D eigenvalue weighted by Gasteiger charge is -2.34. The quantitative estimate of drug-likeness (QED) is 0.325. The van der Waals surface area contributed by atoms with E-state index < -0.39 is 34.3 Å². The van der Waals surface area contributed by atoms with Crippen LogP contribution >= 0.6 is 0 Å². The molecule has 1 saturated carbocycles. The Kier molecular flexibility index (Phi) is 9.81. The topological polar surface area (TPSA) is 86.8 Å². The molecule has 0 aromatic heterocycles. The summed E-state index contributed by atoms with van der Waals surface area (Å²) in [7, 11) is -4.14. The lowest BCUT2D eigenvalue weighted by molar-refractivity contribution is -0.140. The summed E-state index contributed by atoms with van der Waals surface area (Å²) in [6, 6.07) is 18.4. The first-order chi connectivity index (χ1) is 19.6. The number of hydrogen-bond donors (Lipinski definition) is 1. The van der Waals surface area contributed by atoms with Crippen molar-refractivity contribution >= 4 is 27.5 Å². The van der Waals surface area contributed by atoms with E-state index in [1.165, 1.54) is 29.2 Å². The highest BCUT2D eigenvalue weighted by Gasteiger charge is 2.35. The summed E-state index contributed by atoms with van der Waals surface area (Å²) in [6.45, 7) is 5.01. The summed E-state index contributed by atoms with van der Waals surface area (Å²) < 4.78 is 42.8. The first-order valence-electron chi connectivity index (χ1n) is 14.1. The second-order valence-corrected chi connectivity index (χ2v) is 12.5. The predicted octanol–water partition coefficient (Wildman–Crippen LogP) is 5.50. The van der Waals surface area contributed by atoms with Gasteiger partial charge in [0.05, 0.1) is 10.6 Å². The molecule has 9 heteroatoms. The monoisotopic (exact) mass is 579 g/mol. The van der Waals surface area contributed by atoms with Crippen molar-refractivity contribution in [2.75, 3.05) is 10.8 Å². The van der Waals surface area contributed by atoms with Crippen LogP contribution in [0.3, 0.4) is 0 Å². The molecular formula is C32H38FN3O4S. The van der Waals surface area contributed by atoms with E-state index in [0.29, 0.717) is 23.2 Å². The lowest BCUT2D eigenvalue weighted by Crippen LogP contribution is -2.53. The number of nitrogens with zero attached hydrogens (tertiary/aromatic N) is 2. The van der Waals surface area contributed by atoms with E-state index in [9.17, 15) is 22.4 Å². The molecule has 3 aromatic carbocycles. The summed E-state index contributed by atoms with van der Waals surface area (Å²) in [4.78, 5) is 29.2. The highest BCUT2D eigenvalue weighted by atomic mass is 32.2. The van der Waals surface area contributed by atoms with Crippen LogP contribution in [-0.4, -0.2) is 43.8 Å². The molecule has 218 valence electrons. The predicted molar refractivity (Wildman–Crippen MR) is 158 cm³/mol. The summed E-state index contributed by atoms with van der Waals surface area (Å²) >= 11 is 0. The minimum atomic E-state index is -4.14. The minimum absolute atomic E-state index is 0.0295. The molecule has 0 radical (unpaired) electrons. The van der Waals surface area contributed by atoms with Crippen molar-refractivity contribution in [1.82, 2.24) is 10.2 Å². The molecule has 7 nitrogen and oxygen atoms in total. The van der Waals surface area contributed by atoms with Gasteiger partial charge in [-0.15, -0.1) is 0 Å². The van der Waals surface area contributed by atoms with Crippen LogP contribution in [0.15, 0.2) is 77.7 Å². The molecular weight excluding hydrogens is 541 g/mol. The largest absolute Gasteiger partial charge is 0.352 e. The van der Waals surface area contributed by atoms with Crippen molar-refractivity contribution in [2.45, 2.75) is 76.4 Å². The first kappa shape index (κ1) is 30.2. The van der Waals surface area contributed by atoms with Crippen LogP contribution in [0.1, 0.15) is 55.7 Å². The van der Waals surface area contributed by atoms with Gasteiger partial charge >= 0.3 is 0 Å². The Bertz CT molecular complexity index is 1460. The third-order valence-corrected chi connectivity index (χ3v) is 9.37. The van der Waals surface area contributed by atoms with Crippen LogP contribution in [0.4, 0.5) is 10.1 Å². The Balaban J connectivity index is 1.73. The van der Waals surface area contributed by atoms with Crippen LogP contribution in [0.25, 0.3) is 0 Å². The Morgan fingerprint density at radius 2 is 1.63 bits per heavy atom. The molecule has 0 heterocycles. The Hall–Kier alpha value is -3.72. The van der Waals surface area contributed by atoms with E-state index in [0.717, 1.165) is 35.6 Å². The smallest absolute Gasteiger partial charge is 0.264 e. The molecule has 0 saturated heterocycles. The van der Waals surface area contributed by atoms with Gasteiger partial charge in [-0.05, 0) is 80.1 Å². The van der Waals surface area contributed by atoms with E-state index >= 15 is 0 Å². The number of sulfonamides is 1. The molecule has 1 N–H and O–H groups in total. The summed E-state index contributed by atoms with van der Waals surface area (Å²) in [5, 5.41) is 3.09. The maximum absolute atomic E-state index is 14.2. The number of halogens is 1. The maximum atomic E-state index is 14.2. The number of carbonyl (C=O) groups excluding carboxylic acids is 2. The van der Waals surface area contributed by atoms with Crippen molar-refractivity contribution in [3.05, 3.63) is 95.3 Å². The van der Waals surface area contributed by atoms with Gasteiger partial charge in [0.2, 0.25) is 11.8 Å². The Morgan fingerprint density at radius 3 is 2.27 bits per heavy atom. The molecule has 3 aromatic rings. The molecule has 41 heavy (non-hydrogen) atoms. The van der Waals surface area contributed by atoms with E-state index in [1.807, 2.05) is 26.0 Å². The van der Waals surface area contributed by atoms with Crippen molar-refractivity contribution in [1.29, 1.82) is 0 Å². The zero-order chi connectivity index (χ0) is 29.6. The molecule has 1 aliphatic rings. The van der Waals surface area contributed by atoms with Crippen LogP contribution in [0, 0.1) is 19.7 Å². The van der Waals surface area contributed by atoms with Crippen molar-refractivity contribution in [3.63, 3.8) is 0 Å². The summed E-state index contributed by atoms with van der Waals surface area (Å²) in [5.74, 6) is -1.20. The van der Waals surface area contributed by atoms with Gasteiger partial charge in [0.15, 0.2) is 0 Å². The zero-order valence-corrected chi connectivity index (χ0v) is 24.7. The third-order valence-electron chi connectivity index (χ3n) is 7.60. The molecule has 1 atom stereocenters. The molecule has 0 spiro atoms. The summed E-state index contributed by atoms with van der Waals surface area (Å²) in [5.41, 5.74) is 2.57. The van der Waals surface area contributed by atoms with E-state index in [4.69, 9.17) is 0 Å². The van der Waals surface area contributed by atoms with Crippen LogP contribution < -0.4 is 9.62 Å². The van der Waals surface area contributed by atoms with Crippen LogP contribution in [0.5, 0.6) is 0 Å². The van der Waals surface area contributed by atoms with Crippen molar-refractivity contribution in [2.24, 2.45) is 0 Å². The number of anilines is 1. The summed E-state index contributed by atoms with van der Waals surface area (Å²) in [6.07, 6.45) is 4.21. The van der Waals surface area contributed by atoms with Gasteiger partial charge in [-0.2, -0.15) is 0 Å². The average Bonchev–Trinajstić information content (AvgIpc) is 3.47. The highest BCUT2D eigenvalue weighted by Crippen LogP contribution is 2.29. The number of amides is 2. The molecule has 2 amide bonds. The van der Waals surface area contributed by atoms with Gasteiger partial charge in [0, 0.05) is 12.6 Å². The Morgan fingerprint density at radius 1 is 0.976 bits per heavy atom. The molecule has 1 fully saturated rings. The fourth-order valence-electron chi connectivity index (χ4n) is 5.29. The van der Waals surface area contributed by atoms with Gasteiger partial charge in [-0.25, -0.2) is 12.8 Å². The minimum Gasteiger partial charge on any atom is -0.352 e. The van der Waals surface area contributed by atoms with Gasteiger partial charge in [0.1, 0.15) is 18.4 Å². The Labute approximate surface area is 242 Å². The number of benzene rings is 3. The molecule has 4 rings (SSSR count). The standard InChI is InChI=1S/C32H38FN3O4S/c1-4-29(32(38)34-27-10-8-9-11-27)35(21-25-16-18-26(33)19-17-25)31(37)22-36(30-20-23(2)14-15-24(30)3)41(39,40)28-12-6-5-7-13-28/h5-7,12-20,27,29H,4,8-11,21-22H2,1-3H3,(H,34,38). The molecule has 0 bridgehead atoms. The zero-order valence-electron chi connectivity index (χ0n) is 23.8. The third kappa shape index (κ3) is 7.33. The normalized spacial score (nSPS) is 14.4. The van der Waals surface area contributed by atoms with Crippen LogP contribution in [-0.2, 0) is 26.2 Å². The maximum Gasteiger partial charge on any atom is 0.264 e. The van der Waals surface area contributed by atoms with Crippen LogP contribution in [0.2, 0.25) is 0 Å². The number of nitrogens with one attached hydrogen (secondary N) is 1. The fourth-order valence-corrected chi connectivity index (χ4v) is 6.79. The number of aryl methyl sites for hydroxylation is 2.